The maximum atomic E-state index is 12.9. The van der Waals surface area contributed by atoms with Crippen LogP contribution in [-0.4, -0.2) is 18.4 Å². The lowest BCUT2D eigenvalue weighted by atomic mass is 10.2. The third kappa shape index (κ3) is 2.14. The monoisotopic (exact) mass is 300 g/mol. The minimum atomic E-state index is -3.54. The molecule has 3 aromatic rings. The molecule has 0 saturated heterocycles. The highest BCUT2D eigenvalue weighted by Gasteiger charge is 2.23. The van der Waals surface area contributed by atoms with E-state index in [1.54, 1.807) is 44.2 Å². The molecule has 0 bridgehead atoms. The number of H-pyrrole nitrogens is 1. The largest absolute Gasteiger partial charge is 0.342 e. The van der Waals surface area contributed by atoms with Crippen molar-refractivity contribution in [2.45, 2.75) is 30.6 Å². The van der Waals surface area contributed by atoms with Crippen molar-refractivity contribution in [1.29, 1.82) is 0 Å². The minimum absolute atomic E-state index is 0.316. The molecule has 1 N–H and O–H groups in total. The number of nitrogens with one attached hydrogen (secondary N) is 1. The van der Waals surface area contributed by atoms with Gasteiger partial charge in [-0.05, 0) is 50.1 Å². The molecule has 0 unspecified atom stereocenters. The van der Waals surface area contributed by atoms with Gasteiger partial charge in [-0.15, -0.1) is 0 Å². The number of aromatic nitrogens is 2. The summed E-state index contributed by atoms with van der Waals surface area (Å²) in [5.74, 6) is 0.776. The number of nitrogens with zero attached hydrogens (tertiary/aromatic N) is 1. The number of rotatable bonds is 2. The maximum absolute atomic E-state index is 12.9. The van der Waals surface area contributed by atoms with Gasteiger partial charge in [0.05, 0.1) is 20.8 Å². The molecule has 0 atom stereocenters. The number of hydrogen-bond donors (Lipinski definition) is 1. The first-order valence-electron chi connectivity index (χ1n) is 6.68. The van der Waals surface area contributed by atoms with E-state index in [4.69, 9.17) is 0 Å². The molecule has 21 heavy (non-hydrogen) atoms. The van der Waals surface area contributed by atoms with E-state index in [1.807, 2.05) is 13.0 Å². The second kappa shape index (κ2) is 4.70. The van der Waals surface area contributed by atoms with Crippen molar-refractivity contribution >= 4 is 20.9 Å². The summed E-state index contributed by atoms with van der Waals surface area (Å²) in [6, 6.07) is 10.4. The van der Waals surface area contributed by atoms with E-state index < -0.39 is 9.84 Å². The van der Waals surface area contributed by atoms with Crippen LogP contribution in [0.25, 0.3) is 11.0 Å². The SMILES string of the molecule is Cc1nc2c(C)c(S(=O)(=O)c3ccccc3C)ccc2[nH]1. The zero-order valence-corrected chi connectivity index (χ0v) is 13.0. The summed E-state index contributed by atoms with van der Waals surface area (Å²) in [6.07, 6.45) is 0. The van der Waals surface area contributed by atoms with Crippen LogP contribution in [0.1, 0.15) is 17.0 Å². The number of aryl methyl sites for hydroxylation is 3. The Kier molecular flexibility index (Phi) is 3.10. The van der Waals surface area contributed by atoms with E-state index in [-0.39, 0.29) is 0 Å². The predicted octanol–water partition coefficient (Wildman–Crippen LogP) is 3.32. The Bertz CT molecular complexity index is 940. The number of fused-ring (bicyclic) bond motifs is 1. The van der Waals surface area contributed by atoms with Crippen molar-refractivity contribution in [3.8, 4) is 0 Å². The van der Waals surface area contributed by atoms with Crippen molar-refractivity contribution in [2.24, 2.45) is 0 Å². The smallest absolute Gasteiger partial charge is 0.207 e. The van der Waals surface area contributed by atoms with E-state index in [0.29, 0.717) is 20.9 Å². The van der Waals surface area contributed by atoms with Crippen molar-refractivity contribution in [3.05, 3.63) is 53.3 Å². The molecule has 0 aliphatic carbocycles. The molecule has 3 rings (SSSR count). The van der Waals surface area contributed by atoms with Crippen LogP contribution in [-0.2, 0) is 9.84 Å². The normalized spacial score (nSPS) is 12.0. The molecular weight excluding hydrogens is 284 g/mol. The maximum Gasteiger partial charge on any atom is 0.207 e. The molecule has 5 heteroatoms. The summed E-state index contributed by atoms with van der Waals surface area (Å²) >= 11 is 0. The van der Waals surface area contributed by atoms with Crippen molar-refractivity contribution < 1.29 is 8.42 Å². The molecule has 0 spiro atoms. The minimum Gasteiger partial charge on any atom is -0.342 e. The molecule has 0 radical (unpaired) electrons. The molecule has 4 nitrogen and oxygen atoms in total. The van der Waals surface area contributed by atoms with Crippen molar-refractivity contribution in [2.75, 3.05) is 0 Å². The summed E-state index contributed by atoms with van der Waals surface area (Å²) < 4.78 is 25.8. The van der Waals surface area contributed by atoms with Gasteiger partial charge < -0.3 is 4.98 Å². The molecule has 1 heterocycles. The molecular formula is C16H16N2O2S. The van der Waals surface area contributed by atoms with Crippen LogP contribution in [0.4, 0.5) is 0 Å². The van der Waals surface area contributed by atoms with Crippen LogP contribution in [0.15, 0.2) is 46.2 Å². The van der Waals surface area contributed by atoms with Crippen molar-refractivity contribution in [3.63, 3.8) is 0 Å². The quantitative estimate of drug-likeness (QED) is 0.789. The molecule has 0 saturated carbocycles. The number of imidazole rings is 1. The fourth-order valence-electron chi connectivity index (χ4n) is 2.58. The van der Waals surface area contributed by atoms with Gasteiger partial charge in [-0.1, -0.05) is 18.2 Å². The fourth-order valence-corrected chi connectivity index (χ4v) is 4.32. The van der Waals surface area contributed by atoms with Crippen LogP contribution < -0.4 is 0 Å². The zero-order chi connectivity index (χ0) is 15.2. The molecule has 2 aromatic carbocycles. The molecule has 0 amide bonds. The van der Waals surface area contributed by atoms with E-state index >= 15 is 0 Å². The Morgan fingerprint density at radius 1 is 0.952 bits per heavy atom. The van der Waals surface area contributed by atoms with Gasteiger partial charge in [-0.3, -0.25) is 0 Å². The van der Waals surface area contributed by atoms with Crippen LogP contribution in [0.2, 0.25) is 0 Å². The first kappa shape index (κ1) is 13.8. The lowest BCUT2D eigenvalue weighted by Crippen LogP contribution is -2.06. The zero-order valence-electron chi connectivity index (χ0n) is 12.1. The van der Waals surface area contributed by atoms with Gasteiger partial charge in [0, 0.05) is 0 Å². The highest BCUT2D eigenvalue weighted by atomic mass is 32.2. The highest BCUT2D eigenvalue weighted by Crippen LogP contribution is 2.29. The summed E-state index contributed by atoms with van der Waals surface area (Å²) in [5.41, 5.74) is 2.99. The molecule has 0 aliphatic rings. The summed E-state index contributed by atoms with van der Waals surface area (Å²) in [6.45, 7) is 5.46. The molecule has 1 aromatic heterocycles. The van der Waals surface area contributed by atoms with Gasteiger partial charge in [-0.2, -0.15) is 0 Å². The number of sulfone groups is 1. The second-order valence-corrected chi connectivity index (χ2v) is 7.06. The fraction of sp³-hybridized carbons (Fsp3) is 0.188. The second-order valence-electron chi connectivity index (χ2n) is 5.18. The summed E-state index contributed by atoms with van der Waals surface area (Å²) in [4.78, 5) is 8.17. The third-order valence-electron chi connectivity index (χ3n) is 3.65. The van der Waals surface area contributed by atoms with Gasteiger partial charge >= 0.3 is 0 Å². The average molecular weight is 300 g/mol. The average Bonchev–Trinajstić information content (AvgIpc) is 2.80. The first-order chi connectivity index (χ1) is 9.91. The Hall–Kier alpha value is -2.14. The van der Waals surface area contributed by atoms with Gasteiger partial charge in [0.25, 0.3) is 0 Å². The number of hydrogen-bond acceptors (Lipinski definition) is 3. The van der Waals surface area contributed by atoms with Gasteiger partial charge in [0.1, 0.15) is 5.82 Å². The molecule has 0 aliphatic heterocycles. The molecule has 0 fully saturated rings. The van der Waals surface area contributed by atoms with E-state index in [0.717, 1.165) is 16.9 Å². The Balaban J connectivity index is 2.29. The Morgan fingerprint density at radius 2 is 1.67 bits per heavy atom. The summed E-state index contributed by atoms with van der Waals surface area (Å²) in [7, 11) is -3.54. The lowest BCUT2D eigenvalue weighted by molar-refractivity contribution is 0.595. The number of benzene rings is 2. The van der Waals surface area contributed by atoms with E-state index in [2.05, 4.69) is 9.97 Å². The van der Waals surface area contributed by atoms with Gasteiger partial charge in [0.15, 0.2) is 0 Å². The lowest BCUT2D eigenvalue weighted by Gasteiger charge is -2.10. The predicted molar refractivity (Wildman–Crippen MR) is 82.2 cm³/mol. The standard InChI is InChI=1S/C16H16N2O2S/c1-10-6-4-5-7-14(10)21(19,20)15-9-8-13-16(11(15)2)18-12(3)17-13/h4-9H,1-3H3,(H,17,18). The van der Waals surface area contributed by atoms with Crippen LogP contribution in [0.3, 0.4) is 0 Å². The van der Waals surface area contributed by atoms with Crippen molar-refractivity contribution in [1.82, 2.24) is 9.97 Å². The molecule has 108 valence electrons. The van der Waals surface area contributed by atoms with Gasteiger partial charge in [0.2, 0.25) is 9.84 Å². The number of aromatic amines is 1. The van der Waals surface area contributed by atoms with Gasteiger partial charge in [-0.25, -0.2) is 13.4 Å². The topological polar surface area (TPSA) is 62.8 Å². The highest BCUT2D eigenvalue weighted by molar-refractivity contribution is 7.91. The first-order valence-corrected chi connectivity index (χ1v) is 8.16. The van der Waals surface area contributed by atoms with E-state index in [1.165, 1.54) is 0 Å². The third-order valence-corrected chi connectivity index (χ3v) is 5.71. The Labute approximate surface area is 123 Å². The summed E-state index contributed by atoms with van der Waals surface area (Å²) in [5, 5.41) is 0. The Morgan fingerprint density at radius 3 is 2.38 bits per heavy atom. The van der Waals surface area contributed by atoms with Crippen LogP contribution in [0, 0.1) is 20.8 Å². The van der Waals surface area contributed by atoms with Crippen LogP contribution >= 0.6 is 0 Å². The van der Waals surface area contributed by atoms with E-state index in [9.17, 15) is 8.42 Å². The van der Waals surface area contributed by atoms with Crippen LogP contribution in [0.5, 0.6) is 0 Å².